The van der Waals surface area contributed by atoms with Crippen molar-refractivity contribution in [3.8, 4) is 5.88 Å². The summed E-state index contributed by atoms with van der Waals surface area (Å²) in [6.45, 7) is 8.57. The third-order valence-electron chi connectivity index (χ3n) is 5.16. The summed E-state index contributed by atoms with van der Waals surface area (Å²) in [7, 11) is 3.38. The van der Waals surface area contributed by atoms with Crippen LogP contribution in [0.1, 0.15) is 37.6 Å². The molecule has 0 aliphatic carbocycles. The average Bonchev–Trinajstić information content (AvgIpc) is 3.01. The van der Waals surface area contributed by atoms with Gasteiger partial charge in [-0.15, -0.1) is 0 Å². The number of likely N-dealkylation sites (N-methyl/N-ethyl adjacent to an activating group) is 1. The van der Waals surface area contributed by atoms with Crippen LogP contribution in [0.4, 0.5) is 4.79 Å². The SMILES string of the molecule is COc1nc(C(=CCN2CCN(C)C2=O)c2ccc(C(C)(C)C)cc2)ccc1Cl. The van der Waals surface area contributed by atoms with E-state index in [9.17, 15) is 4.79 Å². The molecule has 1 aliphatic rings. The van der Waals surface area contributed by atoms with Gasteiger partial charge in [0.1, 0.15) is 5.02 Å². The fourth-order valence-corrected chi connectivity index (χ4v) is 3.49. The summed E-state index contributed by atoms with van der Waals surface area (Å²) in [5.74, 6) is 0.387. The lowest BCUT2D eigenvalue weighted by Gasteiger charge is -2.20. The van der Waals surface area contributed by atoms with Crippen LogP contribution in [0.3, 0.4) is 0 Å². The minimum atomic E-state index is 0.0466. The zero-order valence-corrected chi connectivity index (χ0v) is 18.5. The number of amides is 2. The van der Waals surface area contributed by atoms with Gasteiger partial charge in [-0.1, -0.05) is 62.7 Å². The van der Waals surface area contributed by atoms with E-state index in [1.165, 1.54) is 5.56 Å². The molecule has 3 rings (SSSR count). The largest absolute Gasteiger partial charge is 0.480 e. The van der Waals surface area contributed by atoms with Crippen molar-refractivity contribution in [2.45, 2.75) is 26.2 Å². The highest BCUT2D eigenvalue weighted by Gasteiger charge is 2.24. The Kier molecular flexibility index (Phi) is 6.18. The van der Waals surface area contributed by atoms with E-state index in [0.29, 0.717) is 17.4 Å². The van der Waals surface area contributed by atoms with E-state index in [1.807, 2.05) is 18.0 Å². The fourth-order valence-electron chi connectivity index (χ4n) is 3.31. The minimum Gasteiger partial charge on any atom is -0.480 e. The Morgan fingerprint density at radius 3 is 2.41 bits per heavy atom. The van der Waals surface area contributed by atoms with Gasteiger partial charge in [0.25, 0.3) is 0 Å². The standard InChI is InChI=1S/C23H28ClN3O2/c1-23(2,3)17-8-6-16(7-9-17)18(12-13-27-15-14-26(4)22(27)28)20-11-10-19(24)21(25-20)29-5/h6-12H,13-15H2,1-5H3. The molecule has 1 saturated heterocycles. The number of hydrogen-bond acceptors (Lipinski definition) is 3. The molecule has 0 radical (unpaired) electrons. The topological polar surface area (TPSA) is 45.7 Å². The number of hydrogen-bond donors (Lipinski definition) is 0. The second-order valence-electron chi connectivity index (χ2n) is 8.28. The molecule has 0 unspecified atom stereocenters. The van der Waals surface area contributed by atoms with Gasteiger partial charge in [0.2, 0.25) is 5.88 Å². The van der Waals surface area contributed by atoms with E-state index in [2.05, 4.69) is 56.1 Å². The molecule has 6 heteroatoms. The molecule has 0 N–H and O–H groups in total. The molecule has 5 nitrogen and oxygen atoms in total. The van der Waals surface area contributed by atoms with Crippen molar-refractivity contribution in [1.82, 2.24) is 14.8 Å². The second-order valence-corrected chi connectivity index (χ2v) is 8.69. The number of benzene rings is 1. The number of pyridine rings is 1. The molecule has 2 amide bonds. The van der Waals surface area contributed by atoms with Gasteiger partial charge in [0, 0.05) is 32.3 Å². The second kappa shape index (κ2) is 8.46. The molecule has 2 aromatic rings. The van der Waals surface area contributed by atoms with Crippen LogP contribution in [-0.4, -0.2) is 54.6 Å². The first-order valence-electron chi connectivity index (χ1n) is 9.72. The maximum Gasteiger partial charge on any atom is 0.320 e. The van der Waals surface area contributed by atoms with Crippen molar-refractivity contribution in [3.05, 3.63) is 64.3 Å². The molecule has 154 valence electrons. The lowest BCUT2D eigenvalue weighted by molar-refractivity contribution is 0.202. The Bertz CT molecular complexity index is 917. The van der Waals surface area contributed by atoms with Crippen LogP contribution in [0, 0.1) is 0 Å². The van der Waals surface area contributed by atoms with Crippen molar-refractivity contribution in [2.75, 3.05) is 33.8 Å². The van der Waals surface area contributed by atoms with Crippen LogP contribution in [0.25, 0.3) is 5.57 Å². The summed E-state index contributed by atoms with van der Waals surface area (Å²) in [5, 5.41) is 0.468. The maximum absolute atomic E-state index is 12.3. The molecule has 0 bridgehead atoms. The summed E-state index contributed by atoms with van der Waals surface area (Å²) in [6, 6.07) is 12.2. The Morgan fingerprint density at radius 2 is 1.86 bits per heavy atom. The van der Waals surface area contributed by atoms with Gasteiger partial charge in [0.05, 0.1) is 12.8 Å². The third-order valence-corrected chi connectivity index (χ3v) is 5.45. The first-order chi connectivity index (χ1) is 13.7. The number of methoxy groups -OCH3 is 1. The van der Waals surface area contributed by atoms with Gasteiger partial charge >= 0.3 is 6.03 Å². The Morgan fingerprint density at radius 1 is 1.17 bits per heavy atom. The highest BCUT2D eigenvalue weighted by atomic mass is 35.5. The summed E-state index contributed by atoms with van der Waals surface area (Å²) in [6.07, 6.45) is 2.05. The van der Waals surface area contributed by atoms with Crippen LogP contribution in [0.5, 0.6) is 5.88 Å². The highest BCUT2D eigenvalue weighted by molar-refractivity contribution is 6.31. The van der Waals surface area contributed by atoms with Gasteiger partial charge in [-0.25, -0.2) is 9.78 Å². The van der Waals surface area contributed by atoms with Crippen LogP contribution in [0.2, 0.25) is 5.02 Å². The van der Waals surface area contributed by atoms with E-state index >= 15 is 0 Å². The summed E-state index contributed by atoms with van der Waals surface area (Å²) in [4.78, 5) is 20.4. The van der Waals surface area contributed by atoms with E-state index in [4.69, 9.17) is 16.3 Å². The van der Waals surface area contributed by atoms with Crippen molar-refractivity contribution >= 4 is 23.2 Å². The molecule has 2 heterocycles. The van der Waals surface area contributed by atoms with Gasteiger partial charge in [0.15, 0.2) is 0 Å². The predicted octanol–water partition coefficient (Wildman–Crippen LogP) is 4.84. The molecule has 1 aliphatic heterocycles. The Balaban J connectivity index is 1.99. The molecule has 0 atom stereocenters. The zero-order valence-electron chi connectivity index (χ0n) is 17.7. The highest BCUT2D eigenvalue weighted by Crippen LogP contribution is 2.30. The number of aromatic nitrogens is 1. The monoisotopic (exact) mass is 413 g/mol. The molecule has 0 saturated carbocycles. The first kappa shape index (κ1) is 21.2. The van der Waals surface area contributed by atoms with Crippen LogP contribution >= 0.6 is 11.6 Å². The Labute approximate surface area is 177 Å². The van der Waals surface area contributed by atoms with E-state index < -0.39 is 0 Å². The number of carbonyl (C=O) groups excluding carboxylic acids is 1. The lowest BCUT2D eigenvalue weighted by Crippen LogP contribution is -2.29. The van der Waals surface area contributed by atoms with E-state index in [-0.39, 0.29) is 11.4 Å². The van der Waals surface area contributed by atoms with Crippen LogP contribution in [-0.2, 0) is 5.41 Å². The molecular weight excluding hydrogens is 386 g/mol. The quantitative estimate of drug-likeness (QED) is 0.704. The van der Waals surface area contributed by atoms with Crippen LogP contribution in [0.15, 0.2) is 42.5 Å². The van der Waals surface area contributed by atoms with Crippen molar-refractivity contribution in [3.63, 3.8) is 0 Å². The van der Waals surface area contributed by atoms with Gasteiger partial charge in [-0.3, -0.25) is 0 Å². The normalized spacial score (nSPS) is 15.2. The number of urea groups is 1. The molecule has 1 aromatic heterocycles. The Hall–Kier alpha value is -2.53. The molecule has 0 spiro atoms. The van der Waals surface area contributed by atoms with Crippen molar-refractivity contribution in [1.29, 1.82) is 0 Å². The van der Waals surface area contributed by atoms with Gasteiger partial charge < -0.3 is 14.5 Å². The smallest absolute Gasteiger partial charge is 0.320 e. The number of ether oxygens (including phenoxy) is 1. The first-order valence-corrected chi connectivity index (χ1v) is 10.1. The predicted molar refractivity (Wildman–Crippen MR) is 118 cm³/mol. The molecule has 29 heavy (non-hydrogen) atoms. The number of carbonyl (C=O) groups is 1. The summed E-state index contributed by atoms with van der Waals surface area (Å²) < 4.78 is 5.30. The van der Waals surface area contributed by atoms with Gasteiger partial charge in [-0.2, -0.15) is 0 Å². The maximum atomic E-state index is 12.3. The average molecular weight is 414 g/mol. The van der Waals surface area contributed by atoms with Gasteiger partial charge in [-0.05, 0) is 28.7 Å². The summed E-state index contributed by atoms with van der Waals surface area (Å²) >= 11 is 6.17. The number of nitrogens with zero attached hydrogens (tertiary/aromatic N) is 3. The lowest BCUT2D eigenvalue weighted by atomic mass is 9.86. The zero-order chi connectivity index (χ0) is 21.2. The number of halogens is 1. The van der Waals surface area contributed by atoms with E-state index in [0.717, 1.165) is 29.9 Å². The molecular formula is C23H28ClN3O2. The number of rotatable bonds is 5. The molecule has 1 aromatic carbocycles. The van der Waals surface area contributed by atoms with Crippen molar-refractivity contribution < 1.29 is 9.53 Å². The summed E-state index contributed by atoms with van der Waals surface area (Å²) in [5.41, 5.74) is 4.09. The van der Waals surface area contributed by atoms with E-state index in [1.54, 1.807) is 18.1 Å². The minimum absolute atomic E-state index is 0.0466. The molecule has 1 fully saturated rings. The third kappa shape index (κ3) is 4.73. The van der Waals surface area contributed by atoms with Crippen LogP contribution < -0.4 is 4.74 Å². The van der Waals surface area contributed by atoms with Crippen molar-refractivity contribution in [2.24, 2.45) is 0 Å². The fraction of sp³-hybridized carbons (Fsp3) is 0.391.